The van der Waals surface area contributed by atoms with Crippen LogP contribution in [0, 0.1) is 5.92 Å². The summed E-state index contributed by atoms with van der Waals surface area (Å²) in [6.07, 6.45) is 15.2. The summed E-state index contributed by atoms with van der Waals surface area (Å²) in [5, 5.41) is 4.29. The lowest BCUT2D eigenvalue weighted by Gasteiger charge is -2.38. The highest BCUT2D eigenvalue weighted by molar-refractivity contribution is 4.91. The van der Waals surface area contributed by atoms with Gasteiger partial charge in [-0.1, -0.05) is 12.2 Å². The molecule has 1 aliphatic heterocycles. The van der Waals surface area contributed by atoms with Crippen LogP contribution >= 0.6 is 0 Å². The molecular weight excluding hydrogens is 272 g/mol. The zero-order valence-electron chi connectivity index (χ0n) is 13.9. The Kier molecular flexibility index (Phi) is 5.68. The van der Waals surface area contributed by atoms with Crippen LogP contribution in [0.4, 0.5) is 0 Å². The second-order valence-corrected chi connectivity index (χ2v) is 6.93. The molecule has 0 radical (unpaired) electrons. The second kappa shape index (κ2) is 7.93. The van der Waals surface area contributed by atoms with Crippen molar-refractivity contribution in [1.82, 2.24) is 19.6 Å². The molecule has 1 fully saturated rings. The molecule has 0 saturated carbocycles. The Hall–Kier alpha value is -1.13. The topological polar surface area (TPSA) is 24.3 Å². The molecule has 4 heteroatoms. The van der Waals surface area contributed by atoms with Crippen molar-refractivity contribution in [2.75, 3.05) is 33.2 Å². The predicted octanol–water partition coefficient (Wildman–Crippen LogP) is 2.64. The van der Waals surface area contributed by atoms with Gasteiger partial charge in [0.05, 0.1) is 6.54 Å². The van der Waals surface area contributed by atoms with Gasteiger partial charge in [0.1, 0.15) is 0 Å². The molecule has 22 heavy (non-hydrogen) atoms. The quantitative estimate of drug-likeness (QED) is 0.755. The Balaban J connectivity index is 1.36. The minimum Gasteiger partial charge on any atom is -0.303 e. The van der Waals surface area contributed by atoms with Gasteiger partial charge < -0.3 is 9.80 Å². The van der Waals surface area contributed by atoms with Crippen molar-refractivity contribution >= 4 is 0 Å². The predicted molar refractivity (Wildman–Crippen MR) is 90.8 cm³/mol. The van der Waals surface area contributed by atoms with Crippen LogP contribution in [0.5, 0.6) is 0 Å². The fourth-order valence-electron chi connectivity index (χ4n) is 3.84. The fourth-order valence-corrected chi connectivity index (χ4v) is 3.84. The lowest BCUT2D eigenvalue weighted by atomic mass is 9.93. The van der Waals surface area contributed by atoms with Gasteiger partial charge in [0.15, 0.2) is 0 Å². The molecule has 0 aromatic carbocycles. The van der Waals surface area contributed by atoms with Crippen molar-refractivity contribution in [1.29, 1.82) is 0 Å². The van der Waals surface area contributed by atoms with Crippen LogP contribution in [0.25, 0.3) is 0 Å². The molecule has 1 aliphatic carbocycles. The third kappa shape index (κ3) is 4.43. The highest BCUT2D eigenvalue weighted by atomic mass is 15.3. The van der Waals surface area contributed by atoms with Crippen molar-refractivity contribution in [2.24, 2.45) is 5.92 Å². The average Bonchev–Trinajstić information content (AvgIpc) is 3.08. The summed E-state index contributed by atoms with van der Waals surface area (Å²) in [7, 11) is 2.34. The molecule has 1 atom stereocenters. The molecule has 1 saturated heterocycles. The first kappa shape index (κ1) is 15.8. The smallest absolute Gasteiger partial charge is 0.0536 e. The summed E-state index contributed by atoms with van der Waals surface area (Å²) in [5.41, 5.74) is 0. The third-order valence-electron chi connectivity index (χ3n) is 5.31. The van der Waals surface area contributed by atoms with Crippen LogP contribution in [0.1, 0.15) is 32.1 Å². The lowest BCUT2D eigenvalue weighted by Crippen LogP contribution is -2.45. The Bertz CT molecular complexity index is 446. The van der Waals surface area contributed by atoms with E-state index in [1.54, 1.807) is 0 Å². The number of piperidine rings is 1. The van der Waals surface area contributed by atoms with Crippen molar-refractivity contribution in [3.05, 3.63) is 30.6 Å². The Morgan fingerprint density at radius 1 is 1.14 bits per heavy atom. The van der Waals surface area contributed by atoms with Crippen LogP contribution in [0.2, 0.25) is 0 Å². The van der Waals surface area contributed by atoms with Gasteiger partial charge in [-0.15, -0.1) is 0 Å². The summed E-state index contributed by atoms with van der Waals surface area (Å²) in [6.45, 7) is 5.90. The van der Waals surface area contributed by atoms with E-state index in [4.69, 9.17) is 0 Å². The van der Waals surface area contributed by atoms with Crippen LogP contribution in [-0.4, -0.2) is 58.8 Å². The molecule has 4 nitrogen and oxygen atoms in total. The number of hydrogen-bond donors (Lipinski definition) is 0. The standard InChI is InChI=1S/C18H30N4/c1-20(16-17-6-3-2-4-7-17)18-8-12-21(13-9-18)14-15-22-11-5-10-19-22/h2-3,5,10-11,17-18H,4,6-9,12-16H2,1H3/t17-/m0/s1. The molecular formula is C18H30N4. The van der Waals surface area contributed by atoms with Crippen LogP contribution < -0.4 is 0 Å². The first-order chi connectivity index (χ1) is 10.8. The molecule has 0 spiro atoms. The molecule has 0 unspecified atom stereocenters. The summed E-state index contributed by atoms with van der Waals surface area (Å²) >= 11 is 0. The van der Waals surface area contributed by atoms with Gasteiger partial charge in [0, 0.05) is 31.5 Å². The molecule has 1 aromatic rings. The van der Waals surface area contributed by atoms with Crippen molar-refractivity contribution < 1.29 is 0 Å². The zero-order valence-corrected chi connectivity index (χ0v) is 13.9. The molecule has 122 valence electrons. The number of likely N-dealkylation sites (tertiary alicyclic amines) is 1. The molecule has 0 bridgehead atoms. The van der Waals surface area contributed by atoms with Crippen LogP contribution in [0.3, 0.4) is 0 Å². The first-order valence-electron chi connectivity index (χ1n) is 8.86. The molecule has 1 aromatic heterocycles. The minimum atomic E-state index is 0.784. The maximum atomic E-state index is 4.29. The SMILES string of the molecule is CN(C[C@H]1CC=CCC1)C1CCN(CCn2cccn2)CC1. The third-order valence-corrected chi connectivity index (χ3v) is 5.31. The number of hydrogen-bond acceptors (Lipinski definition) is 3. The van der Waals surface area contributed by atoms with Gasteiger partial charge in [-0.2, -0.15) is 5.10 Å². The van der Waals surface area contributed by atoms with E-state index in [9.17, 15) is 0 Å². The van der Waals surface area contributed by atoms with E-state index in [2.05, 4.69) is 40.3 Å². The maximum absolute atomic E-state index is 4.29. The Morgan fingerprint density at radius 3 is 2.68 bits per heavy atom. The van der Waals surface area contributed by atoms with Crippen molar-refractivity contribution in [3.8, 4) is 0 Å². The molecule has 3 rings (SSSR count). The summed E-state index contributed by atoms with van der Waals surface area (Å²) in [5.74, 6) is 0.882. The number of aromatic nitrogens is 2. The number of nitrogens with zero attached hydrogens (tertiary/aromatic N) is 4. The normalized spacial score (nSPS) is 24.2. The van der Waals surface area contributed by atoms with Gasteiger partial charge in [-0.3, -0.25) is 4.68 Å². The van der Waals surface area contributed by atoms with Gasteiger partial charge in [-0.25, -0.2) is 0 Å². The minimum absolute atomic E-state index is 0.784. The van der Waals surface area contributed by atoms with E-state index in [-0.39, 0.29) is 0 Å². The van der Waals surface area contributed by atoms with Crippen molar-refractivity contribution in [3.63, 3.8) is 0 Å². The van der Waals surface area contributed by atoms with Gasteiger partial charge >= 0.3 is 0 Å². The van der Waals surface area contributed by atoms with E-state index in [0.717, 1.165) is 25.0 Å². The lowest BCUT2D eigenvalue weighted by molar-refractivity contribution is 0.111. The summed E-state index contributed by atoms with van der Waals surface area (Å²) in [4.78, 5) is 5.23. The summed E-state index contributed by atoms with van der Waals surface area (Å²) in [6, 6.07) is 2.79. The Morgan fingerprint density at radius 2 is 2.00 bits per heavy atom. The van der Waals surface area contributed by atoms with Gasteiger partial charge in [0.25, 0.3) is 0 Å². The van der Waals surface area contributed by atoms with Gasteiger partial charge in [-0.05, 0) is 64.2 Å². The van der Waals surface area contributed by atoms with E-state index < -0.39 is 0 Å². The molecule has 0 amide bonds. The van der Waals surface area contributed by atoms with E-state index in [1.165, 1.54) is 51.7 Å². The van der Waals surface area contributed by atoms with Crippen LogP contribution in [-0.2, 0) is 6.54 Å². The van der Waals surface area contributed by atoms with Crippen LogP contribution in [0.15, 0.2) is 30.6 Å². The number of allylic oxidation sites excluding steroid dienone is 2. The highest BCUT2D eigenvalue weighted by Gasteiger charge is 2.24. The van der Waals surface area contributed by atoms with E-state index >= 15 is 0 Å². The largest absolute Gasteiger partial charge is 0.303 e. The van der Waals surface area contributed by atoms with E-state index in [0.29, 0.717) is 0 Å². The second-order valence-electron chi connectivity index (χ2n) is 6.93. The Labute approximate surface area is 134 Å². The molecule has 2 heterocycles. The number of rotatable bonds is 6. The highest BCUT2D eigenvalue weighted by Crippen LogP contribution is 2.22. The molecule has 0 N–H and O–H groups in total. The monoisotopic (exact) mass is 302 g/mol. The fraction of sp³-hybridized carbons (Fsp3) is 0.722. The first-order valence-corrected chi connectivity index (χ1v) is 8.86. The van der Waals surface area contributed by atoms with Gasteiger partial charge in [0.2, 0.25) is 0 Å². The average molecular weight is 302 g/mol. The zero-order chi connectivity index (χ0) is 15.2. The van der Waals surface area contributed by atoms with E-state index in [1.807, 2.05) is 16.9 Å². The summed E-state index contributed by atoms with van der Waals surface area (Å²) < 4.78 is 2.04. The van der Waals surface area contributed by atoms with Crippen molar-refractivity contribution in [2.45, 2.75) is 44.7 Å². The molecule has 2 aliphatic rings. The maximum Gasteiger partial charge on any atom is 0.0536 e.